The monoisotopic (exact) mass is 530 g/mol. The molecule has 0 aromatic heterocycles. The van der Waals surface area contributed by atoms with Crippen LogP contribution in [0.1, 0.15) is 18.4 Å². The normalized spacial score (nSPS) is 14.1. The topological polar surface area (TPSA) is 208 Å². The van der Waals surface area contributed by atoms with Gasteiger partial charge < -0.3 is 37.0 Å². The predicted molar refractivity (Wildman–Crippen MR) is 132 cm³/mol. The Hall–Kier alpha value is -2.97. The Kier molecular flexibility index (Phi) is 13.0. The fourth-order valence-electron chi connectivity index (χ4n) is 2.85. The first kappa shape index (κ1) is 30.1. The predicted octanol–water partition coefficient (Wildman–Crippen LogP) is -1.04. The maximum atomic E-state index is 12.9. The minimum Gasteiger partial charge on any atom is -0.508 e. The van der Waals surface area contributed by atoms with Gasteiger partial charge in [0.25, 0.3) is 0 Å². The van der Waals surface area contributed by atoms with Crippen molar-refractivity contribution >= 4 is 54.1 Å². The van der Waals surface area contributed by atoms with Crippen LogP contribution in [0.25, 0.3) is 0 Å². The van der Waals surface area contributed by atoms with E-state index in [-0.39, 0.29) is 17.9 Å². The third kappa shape index (κ3) is 10.9. The van der Waals surface area contributed by atoms with Gasteiger partial charge in [-0.3, -0.25) is 19.2 Å². The van der Waals surface area contributed by atoms with Crippen molar-refractivity contribution in [2.45, 2.75) is 43.4 Å². The molecule has 1 aromatic carbocycles. The van der Waals surface area contributed by atoms with Crippen molar-refractivity contribution in [1.29, 1.82) is 0 Å². The summed E-state index contributed by atoms with van der Waals surface area (Å²) in [6.45, 7) is 0. The molecule has 0 radical (unpaired) electrons. The molecule has 8 N–H and O–H groups in total. The number of hydrogen-bond acceptors (Lipinski definition) is 9. The number of phenolic OH excluding ortho intramolecular Hbond substituents is 1. The maximum absolute atomic E-state index is 12.9. The zero-order valence-corrected chi connectivity index (χ0v) is 20.7. The molecule has 14 heteroatoms. The average Bonchev–Trinajstić information content (AvgIpc) is 2.80. The van der Waals surface area contributed by atoms with E-state index < -0.39 is 60.2 Å². The van der Waals surface area contributed by atoms with Gasteiger partial charge in [-0.05, 0) is 36.1 Å². The first-order valence-electron chi connectivity index (χ1n) is 10.5. The SMILES string of the molecule is CSCCC(N)C(=O)NC(CC(=O)O)C(=O)NC(Cc1ccc(O)cc1)C(=O)NC(CS)C(=O)O. The number of aliphatic carboxylic acids is 2. The summed E-state index contributed by atoms with van der Waals surface area (Å²) in [5.74, 6) is -4.91. The summed E-state index contributed by atoms with van der Waals surface area (Å²) in [6, 6.07) is 0.561. The standard InChI is InChI=1S/C21H30N4O8S2/c1-35-7-6-13(22)18(29)23-15(9-17(27)28)20(31)24-14(8-11-2-4-12(26)5-3-11)19(30)25-16(10-34)21(32)33/h2-5,13-16,26,34H,6-10,22H2,1H3,(H,23,29)(H,24,31)(H,25,30)(H,27,28)(H,32,33). The van der Waals surface area contributed by atoms with Crippen molar-refractivity contribution in [3.8, 4) is 5.75 Å². The van der Waals surface area contributed by atoms with E-state index in [0.29, 0.717) is 17.7 Å². The Morgan fingerprint density at radius 1 is 0.943 bits per heavy atom. The van der Waals surface area contributed by atoms with Gasteiger partial charge in [-0.25, -0.2) is 4.79 Å². The van der Waals surface area contributed by atoms with Gasteiger partial charge in [0.05, 0.1) is 12.5 Å². The van der Waals surface area contributed by atoms with Crippen molar-refractivity contribution in [2.75, 3.05) is 17.8 Å². The highest BCUT2D eigenvalue weighted by Gasteiger charge is 2.31. The molecule has 0 spiro atoms. The smallest absolute Gasteiger partial charge is 0.327 e. The average molecular weight is 531 g/mol. The Balaban J connectivity index is 3.09. The number of phenols is 1. The van der Waals surface area contributed by atoms with Crippen molar-refractivity contribution in [2.24, 2.45) is 5.73 Å². The molecule has 12 nitrogen and oxygen atoms in total. The molecule has 0 saturated carbocycles. The summed E-state index contributed by atoms with van der Waals surface area (Å²) in [6.07, 6.45) is 1.25. The molecule has 0 fully saturated rings. The third-order valence-electron chi connectivity index (χ3n) is 4.79. The number of nitrogens with two attached hydrogens (primary N) is 1. The number of thioether (sulfide) groups is 1. The number of aromatic hydroxyl groups is 1. The first-order chi connectivity index (χ1) is 16.5. The number of carboxylic acids is 2. The molecule has 0 aliphatic heterocycles. The van der Waals surface area contributed by atoms with Crippen LogP contribution in [0.3, 0.4) is 0 Å². The van der Waals surface area contributed by atoms with Crippen LogP contribution in [0.4, 0.5) is 0 Å². The van der Waals surface area contributed by atoms with Crippen LogP contribution in [0, 0.1) is 0 Å². The molecule has 0 bridgehead atoms. The summed E-state index contributed by atoms with van der Waals surface area (Å²) < 4.78 is 0. The second-order valence-electron chi connectivity index (χ2n) is 7.56. The fourth-order valence-corrected chi connectivity index (χ4v) is 3.58. The van der Waals surface area contributed by atoms with E-state index in [0.717, 1.165) is 0 Å². The fraction of sp³-hybridized carbons (Fsp3) is 0.476. The van der Waals surface area contributed by atoms with Crippen molar-refractivity contribution in [3.63, 3.8) is 0 Å². The number of amides is 3. The summed E-state index contributed by atoms with van der Waals surface area (Å²) in [5, 5.41) is 34.8. The van der Waals surface area contributed by atoms with Crippen LogP contribution in [-0.2, 0) is 30.4 Å². The molecule has 0 aliphatic carbocycles. The van der Waals surface area contributed by atoms with Crippen LogP contribution >= 0.6 is 24.4 Å². The molecule has 0 aliphatic rings. The quantitative estimate of drug-likeness (QED) is 0.129. The number of carbonyl (C=O) groups excluding carboxylic acids is 3. The molecule has 4 atom stereocenters. The van der Waals surface area contributed by atoms with E-state index in [1.807, 2.05) is 6.26 Å². The van der Waals surface area contributed by atoms with Crippen molar-refractivity contribution < 1.29 is 39.3 Å². The third-order valence-corrected chi connectivity index (χ3v) is 5.80. The lowest BCUT2D eigenvalue weighted by Gasteiger charge is -2.24. The Morgan fingerprint density at radius 2 is 1.49 bits per heavy atom. The number of benzene rings is 1. The zero-order chi connectivity index (χ0) is 26.5. The van der Waals surface area contributed by atoms with Crippen molar-refractivity contribution in [3.05, 3.63) is 29.8 Å². The van der Waals surface area contributed by atoms with E-state index in [4.69, 9.17) is 5.73 Å². The van der Waals surface area contributed by atoms with E-state index in [1.165, 1.54) is 36.0 Å². The maximum Gasteiger partial charge on any atom is 0.327 e. The van der Waals surface area contributed by atoms with Gasteiger partial charge >= 0.3 is 11.9 Å². The van der Waals surface area contributed by atoms with E-state index in [2.05, 4.69) is 28.6 Å². The van der Waals surface area contributed by atoms with E-state index in [9.17, 15) is 39.3 Å². The van der Waals surface area contributed by atoms with Gasteiger partial charge in [0.15, 0.2) is 0 Å². The van der Waals surface area contributed by atoms with E-state index in [1.54, 1.807) is 0 Å². The molecule has 194 valence electrons. The van der Waals surface area contributed by atoms with Crippen LogP contribution in [0.2, 0.25) is 0 Å². The van der Waals surface area contributed by atoms with Gasteiger partial charge in [-0.15, -0.1) is 0 Å². The molecule has 1 rings (SSSR count). The highest BCUT2D eigenvalue weighted by Crippen LogP contribution is 2.12. The largest absolute Gasteiger partial charge is 0.508 e. The van der Waals surface area contributed by atoms with Crippen molar-refractivity contribution in [1.82, 2.24) is 16.0 Å². The van der Waals surface area contributed by atoms with Gasteiger partial charge in [-0.2, -0.15) is 24.4 Å². The number of hydrogen-bond donors (Lipinski definition) is 8. The molecule has 35 heavy (non-hydrogen) atoms. The summed E-state index contributed by atoms with van der Waals surface area (Å²) >= 11 is 5.36. The summed E-state index contributed by atoms with van der Waals surface area (Å²) in [4.78, 5) is 60.7. The lowest BCUT2D eigenvalue weighted by molar-refractivity contribution is -0.142. The highest BCUT2D eigenvalue weighted by molar-refractivity contribution is 7.98. The number of nitrogens with one attached hydrogen (secondary N) is 3. The molecule has 0 saturated heterocycles. The van der Waals surface area contributed by atoms with E-state index >= 15 is 0 Å². The van der Waals surface area contributed by atoms with Crippen LogP contribution < -0.4 is 21.7 Å². The minimum absolute atomic E-state index is 0.0261. The van der Waals surface area contributed by atoms with Crippen LogP contribution in [-0.4, -0.2) is 86.9 Å². The van der Waals surface area contributed by atoms with Crippen LogP contribution in [0.15, 0.2) is 24.3 Å². The molecule has 1 aromatic rings. The molecule has 0 heterocycles. The molecule has 4 unspecified atom stereocenters. The highest BCUT2D eigenvalue weighted by atomic mass is 32.2. The van der Waals surface area contributed by atoms with Gasteiger partial charge in [0, 0.05) is 12.2 Å². The lowest BCUT2D eigenvalue weighted by atomic mass is 10.0. The minimum atomic E-state index is -1.53. The van der Waals surface area contributed by atoms with Crippen LogP contribution in [0.5, 0.6) is 5.75 Å². The second kappa shape index (κ2) is 15.1. The molecular weight excluding hydrogens is 500 g/mol. The Labute approximate surface area is 211 Å². The lowest BCUT2D eigenvalue weighted by Crippen LogP contribution is -2.58. The number of carbonyl (C=O) groups is 5. The van der Waals surface area contributed by atoms with Gasteiger partial charge in [-0.1, -0.05) is 12.1 Å². The molecular formula is C21H30N4O8S2. The van der Waals surface area contributed by atoms with Gasteiger partial charge in [0.1, 0.15) is 23.9 Å². The first-order valence-corrected chi connectivity index (χ1v) is 12.5. The van der Waals surface area contributed by atoms with Gasteiger partial charge in [0.2, 0.25) is 17.7 Å². The number of carboxylic acid groups (broad SMARTS) is 2. The zero-order valence-electron chi connectivity index (χ0n) is 19.0. The second-order valence-corrected chi connectivity index (χ2v) is 8.91. The Morgan fingerprint density at radius 3 is 2.00 bits per heavy atom. The summed E-state index contributed by atoms with van der Waals surface area (Å²) in [7, 11) is 0. The molecule has 3 amide bonds. The number of thiol groups is 1. The Bertz CT molecular complexity index is 900. The number of rotatable bonds is 15. The summed E-state index contributed by atoms with van der Waals surface area (Å²) in [5.41, 5.74) is 6.31.